The van der Waals surface area contributed by atoms with E-state index in [1.54, 1.807) is 0 Å². The van der Waals surface area contributed by atoms with Crippen molar-refractivity contribution in [2.24, 2.45) is 0 Å². The predicted molar refractivity (Wildman–Crippen MR) is 38.0 cm³/mol. The maximum Gasteiger partial charge on any atom is 0.0254 e. The van der Waals surface area contributed by atoms with Crippen molar-refractivity contribution in [2.75, 3.05) is 11.2 Å². The highest BCUT2D eigenvalue weighted by atomic mass is 79.9. The van der Waals surface area contributed by atoms with Gasteiger partial charge in [-0.15, -0.1) is 11.6 Å². The molecule has 0 aliphatic rings. The summed E-state index contributed by atoms with van der Waals surface area (Å²) in [5.74, 6) is 0.688. The van der Waals surface area contributed by atoms with Crippen LogP contribution < -0.4 is 0 Å². The van der Waals surface area contributed by atoms with E-state index < -0.39 is 0 Å². The summed E-state index contributed by atoms with van der Waals surface area (Å²) in [6.45, 7) is 0. The van der Waals surface area contributed by atoms with E-state index in [1.807, 2.05) is 0 Å². The molecular weight excluding hydrogens is 175 g/mol. The summed E-state index contributed by atoms with van der Waals surface area (Å²) >= 11 is 8.68. The van der Waals surface area contributed by atoms with Gasteiger partial charge in [0.05, 0.1) is 0 Å². The second kappa shape index (κ2) is 6.77. The first-order valence-electron chi connectivity index (χ1n) is 2.35. The molecule has 2 heteroatoms. The van der Waals surface area contributed by atoms with Crippen LogP contribution in [-0.4, -0.2) is 11.2 Å². The minimum Gasteiger partial charge on any atom is -0.126 e. The van der Waals surface area contributed by atoms with E-state index in [0.717, 1.165) is 11.8 Å². The van der Waals surface area contributed by atoms with Gasteiger partial charge >= 0.3 is 0 Å². The van der Waals surface area contributed by atoms with Crippen molar-refractivity contribution in [3.63, 3.8) is 0 Å². The summed E-state index contributed by atoms with van der Waals surface area (Å²) < 4.78 is 0. The standard InChI is InChI=1S/C5H9BrCl/c6-4-2-1-3-5-7/h3H,1-2,4-5H2. The molecule has 1 radical (unpaired) electrons. The van der Waals surface area contributed by atoms with Crippen LogP contribution in [0.15, 0.2) is 0 Å². The smallest absolute Gasteiger partial charge is 0.0254 e. The van der Waals surface area contributed by atoms with Crippen molar-refractivity contribution in [1.82, 2.24) is 0 Å². The topological polar surface area (TPSA) is 0 Å². The third-order valence-electron chi connectivity index (χ3n) is 0.651. The molecule has 0 aromatic rings. The molecule has 0 aliphatic carbocycles. The van der Waals surface area contributed by atoms with Gasteiger partial charge in [0.25, 0.3) is 0 Å². The fourth-order valence-corrected chi connectivity index (χ4v) is 0.777. The molecule has 43 valence electrons. The monoisotopic (exact) mass is 183 g/mol. The molecule has 0 bridgehead atoms. The van der Waals surface area contributed by atoms with E-state index in [1.165, 1.54) is 6.42 Å². The molecule has 0 amide bonds. The van der Waals surface area contributed by atoms with Gasteiger partial charge in [0.1, 0.15) is 0 Å². The van der Waals surface area contributed by atoms with Crippen LogP contribution >= 0.6 is 27.5 Å². The Morgan fingerprint density at radius 3 is 2.71 bits per heavy atom. The molecule has 0 N–H and O–H groups in total. The van der Waals surface area contributed by atoms with Gasteiger partial charge in [0.15, 0.2) is 0 Å². The number of halogens is 2. The Balaban J connectivity index is 2.45. The van der Waals surface area contributed by atoms with Crippen molar-refractivity contribution >= 4 is 27.5 Å². The molecule has 0 nitrogen and oxygen atoms in total. The Morgan fingerprint density at radius 1 is 1.57 bits per heavy atom. The number of hydrogen-bond acceptors (Lipinski definition) is 0. The Bertz CT molecular complexity index is 27.3. The van der Waals surface area contributed by atoms with Crippen LogP contribution in [0.3, 0.4) is 0 Å². The largest absolute Gasteiger partial charge is 0.126 e. The third kappa shape index (κ3) is 6.77. The van der Waals surface area contributed by atoms with Crippen molar-refractivity contribution in [3.8, 4) is 0 Å². The first kappa shape index (κ1) is 7.77. The minimum atomic E-state index is 0.688. The quantitative estimate of drug-likeness (QED) is 0.465. The highest BCUT2D eigenvalue weighted by Gasteiger charge is 1.82. The normalized spacial score (nSPS) is 9.43. The van der Waals surface area contributed by atoms with Crippen LogP contribution in [0.4, 0.5) is 0 Å². The van der Waals surface area contributed by atoms with Crippen LogP contribution in [0.25, 0.3) is 0 Å². The lowest BCUT2D eigenvalue weighted by Gasteiger charge is -1.88. The zero-order valence-corrected chi connectivity index (χ0v) is 6.50. The van der Waals surface area contributed by atoms with E-state index >= 15 is 0 Å². The molecular formula is C5H9BrCl. The molecule has 0 saturated carbocycles. The first-order chi connectivity index (χ1) is 3.41. The molecule has 0 unspecified atom stereocenters. The van der Waals surface area contributed by atoms with Crippen molar-refractivity contribution < 1.29 is 0 Å². The van der Waals surface area contributed by atoms with Gasteiger partial charge in [0, 0.05) is 11.2 Å². The highest BCUT2D eigenvalue weighted by molar-refractivity contribution is 9.09. The molecule has 0 aliphatic heterocycles. The fourth-order valence-electron chi connectivity index (χ4n) is 0.299. The molecule has 0 fully saturated rings. The minimum absolute atomic E-state index is 0.688. The second-order valence-electron chi connectivity index (χ2n) is 1.27. The number of unbranched alkanes of at least 4 members (excludes halogenated alkanes) is 2. The van der Waals surface area contributed by atoms with Crippen molar-refractivity contribution in [3.05, 3.63) is 6.42 Å². The maximum atomic E-state index is 5.37. The molecule has 0 aromatic carbocycles. The molecule has 0 spiro atoms. The van der Waals surface area contributed by atoms with Gasteiger partial charge in [-0.3, -0.25) is 0 Å². The Labute approximate surface area is 58.4 Å². The van der Waals surface area contributed by atoms with Gasteiger partial charge in [-0.25, -0.2) is 0 Å². The van der Waals surface area contributed by atoms with Gasteiger partial charge in [-0.05, 0) is 19.3 Å². The summed E-state index contributed by atoms with van der Waals surface area (Å²) in [6.07, 6.45) is 4.41. The van der Waals surface area contributed by atoms with Crippen LogP contribution in [0, 0.1) is 6.42 Å². The number of rotatable bonds is 4. The SMILES string of the molecule is ClC[CH]CCCBr. The molecule has 0 atom stereocenters. The summed E-state index contributed by atoms with van der Waals surface area (Å²) in [6, 6.07) is 0. The van der Waals surface area contributed by atoms with Crippen molar-refractivity contribution in [1.29, 1.82) is 0 Å². The highest BCUT2D eigenvalue weighted by Crippen LogP contribution is 1.97. The van der Waals surface area contributed by atoms with Gasteiger partial charge in [-0.2, -0.15) is 0 Å². The molecule has 0 aromatic heterocycles. The van der Waals surface area contributed by atoms with Crippen LogP contribution in [0.1, 0.15) is 12.8 Å². The van der Waals surface area contributed by atoms with E-state index in [9.17, 15) is 0 Å². The zero-order chi connectivity index (χ0) is 5.54. The van der Waals surface area contributed by atoms with E-state index in [0.29, 0.717) is 5.88 Å². The van der Waals surface area contributed by atoms with Gasteiger partial charge in [-0.1, -0.05) is 15.9 Å². The van der Waals surface area contributed by atoms with Gasteiger partial charge < -0.3 is 0 Å². The number of hydrogen-bond donors (Lipinski definition) is 0. The first-order valence-corrected chi connectivity index (χ1v) is 4.01. The second-order valence-corrected chi connectivity index (χ2v) is 2.38. The lowest BCUT2D eigenvalue weighted by molar-refractivity contribution is 0.919. The van der Waals surface area contributed by atoms with E-state index in [-0.39, 0.29) is 0 Å². The molecule has 7 heavy (non-hydrogen) atoms. The summed E-state index contributed by atoms with van der Waals surface area (Å²) in [5.41, 5.74) is 0. The lowest BCUT2D eigenvalue weighted by atomic mass is 10.3. The summed E-state index contributed by atoms with van der Waals surface area (Å²) in [5, 5.41) is 1.08. The average Bonchev–Trinajstić information content (AvgIpc) is 1.69. The van der Waals surface area contributed by atoms with Crippen LogP contribution in [-0.2, 0) is 0 Å². The predicted octanol–water partition coefficient (Wildman–Crippen LogP) is 2.60. The Kier molecular flexibility index (Phi) is 7.51. The lowest BCUT2D eigenvalue weighted by Crippen LogP contribution is -1.78. The average molecular weight is 184 g/mol. The summed E-state index contributed by atoms with van der Waals surface area (Å²) in [7, 11) is 0. The van der Waals surface area contributed by atoms with E-state index in [2.05, 4.69) is 22.4 Å². The molecule has 0 saturated heterocycles. The van der Waals surface area contributed by atoms with Crippen molar-refractivity contribution in [2.45, 2.75) is 12.8 Å². The van der Waals surface area contributed by atoms with E-state index in [4.69, 9.17) is 11.6 Å². The van der Waals surface area contributed by atoms with Crippen LogP contribution in [0.5, 0.6) is 0 Å². The zero-order valence-electron chi connectivity index (χ0n) is 4.16. The molecule has 0 heterocycles. The summed E-state index contributed by atoms with van der Waals surface area (Å²) in [4.78, 5) is 0. The number of alkyl halides is 2. The van der Waals surface area contributed by atoms with Crippen LogP contribution in [0.2, 0.25) is 0 Å². The fraction of sp³-hybridized carbons (Fsp3) is 0.800. The third-order valence-corrected chi connectivity index (χ3v) is 1.43. The Morgan fingerprint density at radius 2 is 2.29 bits per heavy atom. The Hall–Kier alpha value is 0.770. The molecule has 0 rings (SSSR count). The maximum absolute atomic E-state index is 5.37. The van der Waals surface area contributed by atoms with Gasteiger partial charge in [0.2, 0.25) is 0 Å².